The number of ether oxygens (including phenoxy) is 2. The van der Waals surface area contributed by atoms with Gasteiger partial charge in [0.15, 0.2) is 12.0 Å². The van der Waals surface area contributed by atoms with Gasteiger partial charge in [-0.1, -0.05) is 6.07 Å². The van der Waals surface area contributed by atoms with Gasteiger partial charge in [0, 0.05) is 0 Å². The van der Waals surface area contributed by atoms with E-state index in [9.17, 15) is 9.59 Å². The number of hydrogen-bond acceptors (Lipinski definition) is 4. The zero-order valence-electron chi connectivity index (χ0n) is 10.9. The lowest BCUT2D eigenvalue weighted by Gasteiger charge is -2.20. The number of nitrogens with one attached hydrogen (secondary N) is 1. The van der Waals surface area contributed by atoms with Crippen LogP contribution in [0.25, 0.3) is 0 Å². The highest BCUT2D eigenvalue weighted by Gasteiger charge is 2.18. The molecule has 98 valence electrons. The summed E-state index contributed by atoms with van der Waals surface area (Å²) in [6.07, 6.45) is 0.0721. The minimum atomic E-state index is -0.594. The molecule has 1 rings (SSSR count). The molecule has 0 fully saturated rings. The summed E-state index contributed by atoms with van der Waals surface area (Å²) in [7, 11) is 1.43. The molecule has 0 aliphatic heterocycles. The van der Waals surface area contributed by atoms with Crippen molar-refractivity contribution in [1.29, 1.82) is 0 Å². The second-order valence-corrected chi connectivity index (χ2v) is 4.67. The van der Waals surface area contributed by atoms with Crippen LogP contribution in [0.3, 0.4) is 0 Å². The van der Waals surface area contributed by atoms with Crippen LogP contribution in [0.2, 0.25) is 0 Å². The Morgan fingerprint density at radius 3 is 2.50 bits per heavy atom. The second kappa shape index (κ2) is 5.53. The maximum absolute atomic E-state index is 11.6. The molecular weight excluding hydrogens is 234 g/mol. The first kappa shape index (κ1) is 14.0. The molecule has 1 aromatic rings. The van der Waals surface area contributed by atoms with Gasteiger partial charge < -0.3 is 9.47 Å². The van der Waals surface area contributed by atoms with E-state index in [0.717, 1.165) is 0 Å². The van der Waals surface area contributed by atoms with Crippen molar-refractivity contribution >= 4 is 18.1 Å². The predicted octanol–water partition coefficient (Wildman–Crippen LogP) is 2.85. The highest BCUT2D eigenvalue weighted by Crippen LogP contribution is 2.27. The maximum atomic E-state index is 11.6. The molecule has 0 aliphatic carbocycles. The van der Waals surface area contributed by atoms with E-state index in [0.29, 0.717) is 23.3 Å². The lowest BCUT2D eigenvalue weighted by atomic mass is 10.2. The van der Waals surface area contributed by atoms with Crippen molar-refractivity contribution in [2.45, 2.75) is 26.4 Å². The van der Waals surface area contributed by atoms with Gasteiger partial charge in [0.1, 0.15) is 5.60 Å². The number of amides is 1. The van der Waals surface area contributed by atoms with E-state index >= 15 is 0 Å². The van der Waals surface area contributed by atoms with Gasteiger partial charge >= 0.3 is 6.09 Å². The summed E-state index contributed by atoms with van der Waals surface area (Å²) in [6, 6.07) is 4.89. The molecule has 5 nitrogen and oxygen atoms in total. The normalized spacial score (nSPS) is 10.7. The third-order valence-electron chi connectivity index (χ3n) is 2.01. The maximum Gasteiger partial charge on any atom is 0.412 e. The third-order valence-corrected chi connectivity index (χ3v) is 2.01. The molecule has 0 atom stereocenters. The van der Waals surface area contributed by atoms with E-state index in [4.69, 9.17) is 9.47 Å². The lowest BCUT2D eigenvalue weighted by Crippen LogP contribution is -2.27. The fourth-order valence-corrected chi connectivity index (χ4v) is 1.39. The number of anilines is 1. The van der Waals surface area contributed by atoms with Crippen LogP contribution in [-0.4, -0.2) is 25.1 Å². The molecule has 0 bridgehead atoms. The number of carbonyl (C=O) groups excluding carboxylic acids is 2. The van der Waals surface area contributed by atoms with Gasteiger partial charge in [0.25, 0.3) is 0 Å². The van der Waals surface area contributed by atoms with E-state index in [1.165, 1.54) is 7.11 Å². The van der Waals surface area contributed by atoms with E-state index in [1.54, 1.807) is 39.0 Å². The SMILES string of the molecule is COc1c(C=O)cccc1NC(=O)OC(C)(C)C. The molecule has 0 radical (unpaired) electrons. The van der Waals surface area contributed by atoms with Gasteiger partial charge in [-0.3, -0.25) is 10.1 Å². The first-order valence-electron chi connectivity index (χ1n) is 5.49. The molecule has 0 saturated carbocycles. The summed E-state index contributed by atoms with van der Waals surface area (Å²) in [5.74, 6) is 0.318. The van der Waals surface area contributed by atoms with Gasteiger partial charge in [0.05, 0.1) is 18.4 Å². The molecule has 0 aliphatic rings. The zero-order valence-corrected chi connectivity index (χ0v) is 10.9. The van der Waals surface area contributed by atoms with Crippen LogP contribution in [0, 0.1) is 0 Å². The number of rotatable bonds is 3. The van der Waals surface area contributed by atoms with Crippen molar-refractivity contribution in [3.8, 4) is 5.75 Å². The average Bonchev–Trinajstić information content (AvgIpc) is 2.25. The molecule has 1 amide bonds. The third kappa shape index (κ3) is 3.76. The van der Waals surface area contributed by atoms with Crippen LogP contribution in [0.15, 0.2) is 18.2 Å². The monoisotopic (exact) mass is 251 g/mol. The van der Waals surface area contributed by atoms with Crippen LogP contribution in [0.4, 0.5) is 10.5 Å². The van der Waals surface area contributed by atoms with Gasteiger partial charge in [-0.25, -0.2) is 4.79 Å². The van der Waals surface area contributed by atoms with Crippen molar-refractivity contribution in [3.05, 3.63) is 23.8 Å². The largest absolute Gasteiger partial charge is 0.494 e. The summed E-state index contributed by atoms with van der Waals surface area (Å²) in [6.45, 7) is 5.31. The average molecular weight is 251 g/mol. The number of carbonyl (C=O) groups is 2. The first-order chi connectivity index (χ1) is 8.37. The van der Waals surface area contributed by atoms with Gasteiger partial charge in [-0.2, -0.15) is 0 Å². The first-order valence-corrected chi connectivity index (χ1v) is 5.49. The van der Waals surface area contributed by atoms with Crippen LogP contribution in [0.5, 0.6) is 5.75 Å². The molecule has 0 spiro atoms. The fourth-order valence-electron chi connectivity index (χ4n) is 1.39. The van der Waals surface area contributed by atoms with Crippen LogP contribution >= 0.6 is 0 Å². The Bertz CT molecular complexity index is 449. The van der Waals surface area contributed by atoms with Crippen LogP contribution in [-0.2, 0) is 4.74 Å². The van der Waals surface area contributed by atoms with E-state index < -0.39 is 11.7 Å². The lowest BCUT2D eigenvalue weighted by molar-refractivity contribution is 0.0635. The van der Waals surface area contributed by atoms with Crippen LogP contribution in [0.1, 0.15) is 31.1 Å². The molecular formula is C13H17NO4. The Kier molecular flexibility index (Phi) is 4.31. The van der Waals surface area contributed by atoms with Crippen molar-refractivity contribution in [2.75, 3.05) is 12.4 Å². The highest BCUT2D eigenvalue weighted by molar-refractivity contribution is 5.91. The van der Waals surface area contributed by atoms with Gasteiger partial charge in [0.2, 0.25) is 0 Å². The van der Waals surface area contributed by atoms with Crippen molar-refractivity contribution in [3.63, 3.8) is 0 Å². The molecule has 0 unspecified atom stereocenters. The number of hydrogen-bond donors (Lipinski definition) is 1. The Morgan fingerprint density at radius 1 is 1.33 bits per heavy atom. The van der Waals surface area contributed by atoms with Crippen molar-refractivity contribution in [1.82, 2.24) is 0 Å². The summed E-state index contributed by atoms with van der Waals surface area (Å²) in [5, 5.41) is 2.55. The quantitative estimate of drug-likeness (QED) is 0.839. The summed E-state index contributed by atoms with van der Waals surface area (Å²) in [4.78, 5) is 22.4. The molecule has 0 heterocycles. The highest BCUT2D eigenvalue weighted by atomic mass is 16.6. The Morgan fingerprint density at radius 2 is 2.00 bits per heavy atom. The Hall–Kier alpha value is -2.04. The molecule has 18 heavy (non-hydrogen) atoms. The molecule has 1 N–H and O–H groups in total. The molecule has 5 heteroatoms. The number of para-hydroxylation sites is 1. The predicted molar refractivity (Wildman–Crippen MR) is 68.2 cm³/mol. The minimum Gasteiger partial charge on any atom is -0.494 e. The molecule has 0 aromatic heterocycles. The van der Waals surface area contributed by atoms with E-state index in [2.05, 4.69) is 5.32 Å². The van der Waals surface area contributed by atoms with Gasteiger partial charge in [-0.05, 0) is 32.9 Å². The minimum absolute atomic E-state index is 0.318. The topological polar surface area (TPSA) is 64.6 Å². The molecule has 1 aromatic carbocycles. The Labute approximate surface area is 106 Å². The second-order valence-electron chi connectivity index (χ2n) is 4.67. The molecule has 0 saturated heterocycles. The summed E-state index contributed by atoms with van der Waals surface area (Å²) in [5.41, 5.74) is 0.182. The van der Waals surface area contributed by atoms with Crippen LogP contribution < -0.4 is 10.1 Å². The summed E-state index contributed by atoms with van der Waals surface area (Å²) < 4.78 is 10.2. The summed E-state index contributed by atoms with van der Waals surface area (Å²) >= 11 is 0. The van der Waals surface area contributed by atoms with Gasteiger partial charge in [-0.15, -0.1) is 0 Å². The van der Waals surface area contributed by atoms with Crippen molar-refractivity contribution in [2.24, 2.45) is 0 Å². The van der Waals surface area contributed by atoms with E-state index in [-0.39, 0.29) is 0 Å². The number of benzene rings is 1. The zero-order chi connectivity index (χ0) is 13.8. The fraction of sp³-hybridized carbons (Fsp3) is 0.385. The van der Waals surface area contributed by atoms with E-state index in [1.807, 2.05) is 0 Å². The smallest absolute Gasteiger partial charge is 0.412 e. The number of aldehydes is 1. The van der Waals surface area contributed by atoms with Crippen molar-refractivity contribution < 1.29 is 19.1 Å². The standard InChI is InChI=1S/C13H17NO4/c1-13(2,3)18-12(16)14-10-7-5-6-9(8-15)11(10)17-4/h5-8H,1-4H3,(H,14,16). The Balaban J connectivity index is 2.91. The number of methoxy groups -OCH3 is 1.